The van der Waals surface area contributed by atoms with Crippen LogP contribution in [-0.2, 0) is 11.2 Å². The summed E-state index contributed by atoms with van der Waals surface area (Å²) in [6.45, 7) is 3.91. The lowest BCUT2D eigenvalue weighted by atomic mass is 9.90. The van der Waals surface area contributed by atoms with Gasteiger partial charge in [0, 0.05) is 25.1 Å². The van der Waals surface area contributed by atoms with E-state index >= 15 is 0 Å². The van der Waals surface area contributed by atoms with Gasteiger partial charge in [-0.05, 0) is 44.4 Å². The molecule has 0 radical (unpaired) electrons. The van der Waals surface area contributed by atoms with Crippen molar-refractivity contribution in [2.75, 3.05) is 13.7 Å². The van der Waals surface area contributed by atoms with E-state index in [1.54, 1.807) is 18.0 Å². The predicted octanol–water partition coefficient (Wildman–Crippen LogP) is 2.45. The molecule has 1 aromatic carbocycles. The summed E-state index contributed by atoms with van der Waals surface area (Å²) in [5.74, 6) is 0.691. The molecule has 2 rings (SSSR count). The Bertz CT molecular complexity index is 522. The average molecular weight is 275 g/mol. The Kier molecular flexibility index (Phi) is 4.42. The van der Waals surface area contributed by atoms with E-state index in [0.29, 0.717) is 12.2 Å². The highest BCUT2D eigenvalue weighted by atomic mass is 16.5. The maximum atomic E-state index is 11.8. The van der Waals surface area contributed by atoms with Gasteiger partial charge < -0.3 is 9.64 Å². The first-order valence-electron chi connectivity index (χ1n) is 7.03. The minimum atomic E-state index is -0.0657. The SMILES string of the molecule is CC(C)N(C)C(=O)COc1ccc2c(c1)C(=O)CCC2. The summed E-state index contributed by atoms with van der Waals surface area (Å²) in [5.41, 5.74) is 1.83. The van der Waals surface area contributed by atoms with Crippen LogP contribution in [0.4, 0.5) is 0 Å². The van der Waals surface area contributed by atoms with Gasteiger partial charge in [0.05, 0.1) is 0 Å². The summed E-state index contributed by atoms with van der Waals surface area (Å²) in [6, 6.07) is 5.67. The molecule has 0 aromatic heterocycles. The Balaban J connectivity index is 2.02. The highest BCUT2D eigenvalue weighted by Crippen LogP contribution is 2.25. The molecule has 0 heterocycles. The Morgan fingerprint density at radius 1 is 1.35 bits per heavy atom. The molecule has 0 saturated heterocycles. The van der Waals surface area contributed by atoms with Gasteiger partial charge in [0.2, 0.25) is 0 Å². The normalized spacial score (nSPS) is 14.1. The molecule has 0 N–H and O–H groups in total. The van der Waals surface area contributed by atoms with Gasteiger partial charge in [-0.1, -0.05) is 6.07 Å². The van der Waals surface area contributed by atoms with E-state index in [1.165, 1.54) is 0 Å². The molecule has 0 atom stereocenters. The number of carbonyl (C=O) groups is 2. The first kappa shape index (κ1) is 14.6. The number of fused-ring (bicyclic) bond motifs is 1. The van der Waals surface area contributed by atoms with Crippen molar-refractivity contribution in [1.82, 2.24) is 4.90 Å². The molecule has 1 aliphatic carbocycles. The van der Waals surface area contributed by atoms with Crippen molar-refractivity contribution in [3.63, 3.8) is 0 Å². The Hall–Kier alpha value is -1.84. The number of ketones is 1. The van der Waals surface area contributed by atoms with Crippen LogP contribution in [0.5, 0.6) is 5.75 Å². The molecule has 0 aliphatic heterocycles. The predicted molar refractivity (Wildman–Crippen MR) is 77.1 cm³/mol. The molecule has 0 bridgehead atoms. The van der Waals surface area contributed by atoms with Gasteiger partial charge in [-0.2, -0.15) is 0 Å². The number of nitrogens with zero attached hydrogens (tertiary/aromatic N) is 1. The van der Waals surface area contributed by atoms with Gasteiger partial charge in [0.25, 0.3) is 5.91 Å². The Morgan fingerprint density at radius 2 is 2.10 bits per heavy atom. The Labute approximate surface area is 119 Å². The number of hydrogen-bond donors (Lipinski definition) is 0. The highest BCUT2D eigenvalue weighted by molar-refractivity contribution is 5.98. The van der Waals surface area contributed by atoms with Gasteiger partial charge in [-0.25, -0.2) is 0 Å². The van der Waals surface area contributed by atoms with E-state index in [1.807, 2.05) is 26.0 Å². The number of rotatable bonds is 4. The third-order valence-electron chi connectivity index (χ3n) is 3.76. The molecule has 0 spiro atoms. The van der Waals surface area contributed by atoms with Gasteiger partial charge >= 0.3 is 0 Å². The number of hydrogen-bond acceptors (Lipinski definition) is 3. The van der Waals surface area contributed by atoms with Gasteiger partial charge in [-0.3, -0.25) is 9.59 Å². The fourth-order valence-electron chi connectivity index (χ4n) is 2.23. The first-order chi connectivity index (χ1) is 9.49. The number of carbonyl (C=O) groups excluding carboxylic acids is 2. The van der Waals surface area contributed by atoms with Crippen molar-refractivity contribution >= 4 is 11.7 Å². The number of aryl methyl sites for hydroxylation is 1. The molecule has 1 aromatic rings. The van der Waals surface area contributed by atoms with Crippen LogP contribution in [0, 0.1) is 0 Å². The van der Waals surface area contributed by atoms with E-state index in [0.717, 1.165) is 24.0 Å². The second-order valence-corrected chi connectivity index (χ2v) is 5.48. The molecule has 108 valence electrons. The summed E-state index contributed by atoms with van der Waals surface area (Å²) in [6.07, 6.45) is 2.46. The van der Waals surface area contributed by atoms with Gasteiger partial charge in [-0.15, -0.1) is 0 Å². The van der Waals surface area contributed by atoms with Crippen LogP contribution in [0.25, 0.3) is 0 Å². The summed E-state index contributed by atoms with van der Waals surface area (Å²) < 4.78 is 5.51. The lowest BCUT2D eigenvalue weighted by Crippen LogP contribution is -2.36. The maximum Gasteiger partial charge on any atom is 0.260 e. The van der Waals surface area contributed by atoms with Crippen LogP contribution in [-0.4, -0.2) is 36.3 Å². The minimum absolute atomic E-state index is 0.00164. The van der Waals surface area contributed by atoms with Crippen molar-refractivity contribution in [2.45, 2.75) is 39.2 Å². The van der Waals surface area contributed by atoms with Gasteiger partial charge in [0.1, 0.15) is 5.75 Å². The summed E-state index contributed by atoms with van der Waals surface area (Å²) in [4.78, 5) is 25.3. The van der Waals surface area contributed by atoms with Crippen molar-refractivity contribution in [3.8, 4) is 5.75 Å². The zero-order valence-electron chi connectivity index (χ0n) is 12.3. The second kappa shape index (κ2) is 6.07. The largest absolute Gasteiger partial charge is 0.484 e. The zero-order chi connectivity index (χ0) is 14.7. The van der Waals surface area contributed by atoms with E-state index in [-0.39, 0.29) is 24.3 Å². The number of ether oxygens (including phenoxy) is 1. The quantitative estimate of drug-likeness (QED) is 0.848. The van der Waals surface area contributed by atoms with E-state index in [2.05, 4.69) is 0 Å². The topological polar surface area (TPSA) is 46.6 Å². The van der Waals surface area contributed by atoms with Crippen molar-refractivity contribution in [1.29, 1.82) is 0 Å². The van der Waals surface area contributed by atoms with Crippen LogP contribution < -0.4 is 4.74 Å². The van der Waals surface area contributed by atoms with Crippen LogP contribution in [0.15, 0.2) is 18.2 Å². The smallest absolute Gasteiger partial charge is 0.260 e. The molecule has 0 fully saturated rings. The lowest BCUT2D eigenvalue weighted by Gasteiger charge is -2.21. The van der Waals surface area contributed by atoms with Crippen molar-refractivity contribution in [2.24, 2.45) is 0 Å². The van der Waals surface area contributed by atoms with Crippen LogP contribution in [0.2, 0.25) is 0 Å². The zero-order valence-corrected chi connectivity index (χ0v) is 12.3. The lowest BCUT2D eigenvalue weighted by molar-refractivity contribution is -0.133. The molecule has 0 unspecified atom stereocenters. The fourth-order valence-corrected chi connectivity index (χ4v) is 2.23. The molecule has 1 aliphatic rings. The number of amides is 1. The first-order valence-corrected chi connectivity index (χ1v) is 7.03. The van der Waals surface area contributed by atoms with Crippen LogP contribution in [0.3, 0.4) is 0 Å². The summed E-state index contributed by atoms with van der Waals surface area (Å²) in [7, 11) is 1.76. The number of likely N-dealkylation sites (N-methyl/N-ethyl adjacent to an activating group) is 1. The Morgan fingerprint density at radius 3 is 2.80 bits per heavy atom. The molecular weight excluding hydrogens is 254 g/mol. The maximum absolute atomic E-state index is 11.8. The molecule has 0 saturated carbocycles. The van der Waals surface area contributed by atoms with Crippen molar-refractivity contribution in [3.05, 3.63) is 29.3 Å². The molecule has 20 heavy (non-hydrogen) atoms. The summed E-state index contributed by atoms with van der Waals surface area (Å²) >= 11 is 0. The highest BCUT2D eigenvalue weighted by Gasteiger charge is 2.18. The van der Waals surface area contributed by atoms with Crippen molar-refractivity contribution < 1.29 is 14.3 Å². The average Bonchev–Trinajstić information content (AvgIpc) is 2.44. The molecule has 4 heteroatoms. The van der Waals surface area contributed by atoms with Crippen LogP contribution in [0.1, 0.15) is 42.6 Å². The van der Waals surface area contributed by atoms with E-state index in [9.17, 15) is 9.59 Å². The third-order valence-corrected chi connectivity index (χ3v) is 3.76. The minimum Gasteiger partial charge on any atom is -0.484 e. The van der Waals surface area contributed by atoms with Crippen LogP contribution >= 0.6 is 0 Å². The fraction of sp³-hybridized carbons (Fsp3) is 0.500. The molecule has 1 amide bonds. The monoisotopic (exact) mass is 275 g/mol. The number of Topliss-reactive ketones (excluding diaryl/α,β-unsaturated/α-hetero) is 1. The summed E-state index contributed by atoms with van der Waals surface area (Å²) in [5, 5.41) is 0. The number of benzene rings is 1. The van der Waals surface area contributed by atoms with Gasteiger partial charge in [0.15, 0.2) is 12.4 Å². The van der Waals surface area contributed by atoms with E-state index < -0.39 is 0 Å². The molecule has 4 nitrogen and oxygen atoms in total. The molecular formula is C16H21NO3. The van der Waals surface area contributed by atoms with E-state index in [4.69, 9.17) is 4.74 Å². The standard InChI is InChI=1S/C16H21NO3/c1-11(2)17(3)16(19)10-20-13-8-7-12-5-4-6-15(18)14(12)9-13/h7-9,11H,4-6,10H2,1-3H3. The third kappa shape index (κ3) is 3.18. The second-order valence-electron chi connectivity index (χ2n) is 5.48.